The van der Waals surface area contributed by atoms with E-state index in [4.69, 9.17) is 9.47 Å². The van der Waals surface area contributed by atoms with Crippen molar-refractivity contribution in [2.45, 2.75) is 45.1 Å². The maximum absolute atomic E-state index is 11.1. The lowest BCUT2D eigenvalue weighted by molar-refractivity contribution is -0.149. The van der Waals surface area contributed by atoms with Gasteiger partial charge in [-0.1, -0.05) is 0 Å². The Balaban J connectivity index is 2.21. The molecule has 1 rings (SSSR count). The average molecular weight is 200 g/mol. The summed E-state index contributed by atoms with van der Waals surface area (Å²) < 4.78 is 9.95. The first-order chi connectivity index (χ1) is 6.68. The van der Waals surface area contributed by atoms with Gasteiger partial charge in [0.1, 0.15) is 6.10 Å². The minimum Gasteiger partial charge on any atom is -0.466 e. The summed E-state index contributed by atoms with van der Waals surface area (Å²) in [5.74, 6) is -0.416. The quantitative estimate of drug-likeness (QED) is 0.646. The fourth-order valence-electron chi connectivity index (χ4n) is 1.48. The highest BCUT2D eigenvalue weighted by Crippen LogP contribution is 2.16. The molecule has 1 aliphatic rings. The van der Waals surface area contributed by atoms with Crippen LogP contribution in [0.25, 0.3) is 0 Å². The first kappa shape index (κ1) is 11.0. The Bertz CT molecular complexity index is 212. The van der Waals surface area contributed by atoms with Crippen LogP contribution in [0.1, 0.15) is 39.0 Å². The molecule has 0 aromatic rings. The van der Waals surface area contributed by atoms with E-state index >= 15 is 0 Å². The van der Waals surface area contributed by atoms with E-state index in [1.54, 1.807) is 0 Å². The number of ether oxygens (including phenoxy) is 2. The van der Waals surface area contributed by atoms with Crippen LogP contribution in [0.15, 0.2) is 0 Å². The Morgan fingerprint density at radius 3 is 3.07 bits per heavy atom. The van der Waals surface area contributed by atoms with Gasteiger partial charge in [-0.2, -0.15) is 0 Å². The molecule has 0 aliphatic carbocycles. The summed E-state index contributed by atoms with van der Waals surface area (Å²) in [6.07, 6.45) is 3.87. The number of esters is 2. The molecule has 0 radical (unpaired) electrons. The molecule has 14 heavy (non-hydrogen) atoms. The van der Waals surface area contributed by atoms with Gasteiger partial charge in [0.05, 0.1) is 6.61 Å². The highest BCUT2D eigenvalue weighted by atomic mass is 16.6. The molecule has 1 aliphatic heterocycles. The van der Waals surface area contributed by atoms with Gasteiger partial charge >= 0.3 is 11.9 Å². The van der Waals surface area contributed by atoms with E-state index in [9.17, 15) is 9.59 Å². The standard InChI is InChI=1S/C10H16O4/c1-8(11)13-7-6-9-4-2-3-5-10(12)14-9/h9H,2-7H2,1H3/t9-/m1/s1. The molecule has 0 amide bonds. The van der Waals surface area contributed by atoms with Crippen molar-refractivity contribution in [2.24, 2.45) is 0 Å². The lowest BCUT2D eigenvalue weighted by atomic mass is 10.1. The molecule has 0 aromatic heterocycles. The minimum absolute atomic E-state index is 0.0654. The lowest BCUT2D eigenvalue weighted by Gasteiger charge is -2.14. The average Bonchev–Trinajstić information content (AvgIpc) is 2.29. The third kappa shape index (κ3) is 4.25. The van der Waals surface area contributed by atoms with Gasteiger partial charge in [0.2, 0.25) is 0 Å². The van der Waals surface area contributed by atoms with Crippen molar-refractivity contribution in [1.82, 2.24) is 0 Å². The maximum atomic E-state index is 11.1. The smallest absolute Gasteiger partial charge is 0.306 e. The normalized spacial score (nSPS) is 22.4. The molecule has 0 saturated carbocycles. The first-order valence-electron chi connectivity index (χ1n) is 5.01. The van der Waals surface area contributed by atoms with Crippen LogP contribution in [0, 0.1) is 0 Å². The molecule has 1 fully saturated rings. The molecule has 1 heterocycles. The van der Waals surface area contributed by atoms with Crippen LogP contribution in [-0.2, 0) is 19.1 Å². The van der Waals surface area contributed by atoms with Gasteiger partial charge in [-0.25, -0.2) is 0 Å². The van der Waals surface area contributed by atoms with Gasteiger partial charge in [-0.05, 0) is 19.3 Å². The van der Waals surface area contributed by atoms with Gasteiger partial charge in [-0.15, -0.1) is 0 Å². The van der Waals surface area contributed by atoms with Crippen LogP contribution in [0.2, 0.25) is 0 Å². The molecule has 4 heteroatoms. The van der Waals surface area contributed by atoms with Gasteiger partial charge in [0.15, 0.2) is 0 Å². The Morgan fingerprint density at radius 1 is 1.57 bits per heavy atom. The molecule has 1 saturated heterocycles. The number of hydrogen-bond acceptors (Lipinski definition) is 4. The van der Waals surface area contributed by atoms with Gasteiger partial charge in [0, 0.05) is 19.8 Å². The van der Waals surface area contributed by atoms with E-state index in [0.717, 1.165) is 19.3 Å². The molecular formula is C10H16O4. The van der Waals surface area contributed by atoms with Crippen LogP contribution in [0.4, 0.5) is 0 Å². The topological polar surface area (TPSA) is 52.6 Å². The van der Waals surface area contributed by atoms with Crippen molar-refractivity contribution in [2.75, 3.05) is 6.61 Å². The monoisotopic (exact) mass is 200 g/mol. The first-order valence-corrected chi connectivity index (χ1v) is 5.01. The molecule has 1 atom stereocenters. The summed E-state index contributed by atoms with van der Waals surface area (Å²) in [5.41, 5.74) is 0. The Kier molecular flexibility index (Phi) is 4.43. The summed E-state index contributed by atoms with van der Waals surface area (Å²) in [5, 5.41) is 0. The second-order valence-electron chi connectivity index (χ2n) is 3.49. The maximum Gasteiger partial charge on any atom is 0.306 e. The molecular weight excluding hydrogens is 184 g/mol. The number of cyclic esters (lactones) is 1. The van der Waals surface area contributed by atoms with Crippen LogP contribution < -0.4 is 0 Å². The fraction of sp³-hybridized carbons (Fsp3) is 0.800. The molecule has 0 N–H and O–H groups in total. The summed E-state index contributed by atoms with van der Waals surface area (Å²) in [6, 6.07) is 0. The second-order valence-corrected chi connectivity index (χ2v) is 3.49. The number of rotatable bonds is 3. The zero-order valence-corrected chi connectivity index (χ0v) is 8.45. The Hall–Kier alpha value is -1.06. The highest BCUT2D eigenvalue weighted by Gasteiger charge is 2.18. The lowest BCUT2D eigenvalue weighted by Crippen LogP contribution is -2.18. The summed E-state index contributed by atoms with van der Waals surface area (Å²) in [6.45, 7) is 1.71. The van der Waals surface area contributed by atoms with E-state index < -0.39 is 0 Å². The fourth-order valence-corrected chi connectivity index (χ4v) is 1.48. The largest absolute Gasteiger partial charge is 0.466 e. The van der Waals surface area contributed by atoms with Gasteiger partial charge in [0.25, 0.3) is 0 Å². The zero-order valence-electron chi connectivity index (χ0n) is 8.45. The minimum atomic E-state index is -0.287. The van der Waals surface area contributed by atoms with Gasteiger partial charge in [-0.3, -0.25) is 9.59 Å². The van der Waals surface area contributed by atoms with E-state index in [0.29, 0.717) is 19.4 Å². The SMILES string of the molecule is CC(=O)OCC[C@H]1CCCCC(=O)O1. The molecule has 0 bridgehead atoms. The number of carbonyl (C=O) groups excluding carboxylic acids is 2. The summed E-state index contributed by atoms with van der Waals surface area (Å²) in [4.78, 5) is 21.5. The van der Waals surface area contributed by atoms with E-state index in [-0.39, 0.29) is 18.0 Å². The van der Waals surface area contributed by atoms with Crippen molar-refractivity contribution >= 4 is 11.9 Å². The van der Waals surface area contributed by atoms with Crippen molar-refractivity contribution in [3.63, 3.8) is 0 Å². The van der Waals surface area contributed by atoms with Crippen molar-refractivity contribution < 1.29 is 19.1 Å². The van der Waals surface area contributed by atoms with E-state index in [1.807, 2.05) is 0 Å². The van der Waals surface area contributed by atoms with E-state index in [1.165, 1.54) is 6.92 Å². The summed E-state index contributed by atoms with van der Waals surface area (Å²) in [7, 11) is 0. The summed E-state index contributed by atoms with van der Waals surface area (Å²) >= 11 is 0. The third-order valence-electron chi connectivity index (χ3n) is 2.20. The van der Waals surface area contributed by atoms with Crippen molar-refractivity contribution in [3.05, 3.63) is 0 Å². The number of hydrogen-bond donors (Lipinski definition) is 0. The van der Waals surface area contributed by atoms with Crippen LogP contribution in [0.3, 0.4) is 0 Å². The van der Waals surface area contributed by atoms with E-state index in [2.05, 4.69) is 0 Å². The second kappa shape index (κ2) is 5.62. The zero-order chi connectivity index (χ0) is 10.4. The highest BCUT2D eigenvalue weighted by molar-refractivity contribution is 5.69. The molecule has 0 aromatic carbocycles. The number of carbonyl (C=O) groups is 2. The molecule has 80 valence electrons. The van der Waals surface area contributed by atoms with Gasteiger partial charge < -0.3 is 9.47 Å². The Morgan fingerprint density at radius 2 is 2.36 bits per heavy atom. The van der Waals surface area contributed by atoms with Crippen LogP contribution in [-0.4, -0.2) is 24.6 Å². The molecule has 0 unspecified atom stereocenters. The predicted molar refractivity (Wildman–Crippen MR) is 49.6 cm³/mol. The molecule has 0 spiro atoms. The van der Waals surface area contributed by atoms with Crippen LogP contribution in [0.5, 0.6) is 0 Å². The Labute approximate surface area is 83.6 Å². The van der Waals surface area contributed by atoms with Crippen molar-refractivity contribution in [3.8, 4) is 0 Å². The van der Waals surface area contributed by atoms with Crippen molar-refractivity contribution in [1.29, 1.82) is 0 Å². The van der Waals surface area contributed by atoms with Crippen LogP contribution >= 0.6 is 0 Å². The molecule has 4 nitrogen and oxygen atoms in total. The third-order valence-corrected chi connectivity index (χ3v) is 2.20. The predicted octanol–water partition coefficient (Wildman–Crippen LogP) is 1.43.